The molecule has 2 rings (SSSR count). The molecule has 0 aliphatic heterocycles. The van der Waals surface area contributed by atoms with Crippen molar-refractivity contribution >= 4 is 33.2 Å². The Morgan fingerprint density at radius 3 is 2.70 bits per heavy atom. The van der Waals surface area contributed by atoms with E-state index in [0.29, 0.717) is 15.9 Å². The van der Waals surface area contributed by atoms with Crippen LogP contribution in [0.5, 0.6) is 5.75 Å². The fourth-order valence-corrected chi connectivity index (χ4v) is 2.01. The average molecular weight is 339 g/mol. The van der Waals surface area contributed by atoms with E-state index >= 15 is 0 Å². The van der Waals surface area contributed by atoms with Gasteiger partial charge in [0.1, 0.15) is 11.6 Å². The lowest BCUT2D eigenvalue weighted by atomic mass is 10.1. The Hall–Kier alpha value is -2.08. The molecule has 0 aliphatic rings. The van der Waals surface area contributed by atoms with Crippen molar-refractivity contribution in [1.82, 2.24) is 0 Å². The molecule has 0 aliphatic carbocycles. The minimum absolute atomic E-state index is 0.150. The van der Waals surface area contributed by atoms with Gasteiger partial charge < -0.3 is 15.8 Å². The first kappa shape index (κ1) is 14.3. The summed E-state index contributed by atoms with van der Waals surface area (Å²) in [5, 5.41) is 2.67. The minimum atomic E-state index is -0.556. The molecule has 0 atom stereocenters. The smallest absolute Gasteiger partial charge is 0.255 e. The first-order valence-electron chi connectivity index (χ1n) is 5.70. The van der Waals surface area contributed by atoms with Gasteiger partial charge in [-0.2, -0.15) is 0 Å². The van der Waals surface area contributed by atoms with Gasteiger partial charge in [-0.3, -0.25) is 4.79 Å². The van der Waals surface area contributed by atoms with Crippen LogP contribution < -0.4 is 15.8 Å². The number of carbonyl (C=O) groups excluding carboxylic acids is 1. The fourth-order valence-electron chi connectivity index (χ4n) is 1.67. The van der Waals surface area contributed by atoms with E-state index in [-0.39, 0.29) is 11.3 Å². The summed E-state index contributed by atoms with van der Waals surface area (Å²) in [6, 6.07) is 8.84. The standard InChI is InChI=1S/C14H12BrFN2O2/c1-20-11-2-3-12(15)13(7-11)18-14(19)8-4-9(16)6-10(17)5-8/h2-7H,17H2,1H3,(H,18,19). The molecular weight excluding hydrogens is 327 g/mol. The number of halogens is 2. The second-order valence-corrected chi connectivity index (χ2v) is 4.93. The van der Waals surface area contributed by atoms with Gasteiger partial charge in [-0.1, -0.05) is 0 Å². The topological polar surface area (TPSA) is 64.3 Å². The molecule has 0 radical (unpaired) electrons. The summed E-state index contributed by atoms with van der Waals surface area (Å²) in [6.45, 7) is 0. The van der Waals surface area contributed by atoms with Crippen molar-refractivity contribution in [2.45, 2.75) is 0 Å². The van der Waals surface area contributed by atoms with Crippen LogP contribution in [0.15, 0.2) is 40.9 Å². The zero-order valence-electron chi connectivity index (χ0n) is 10.6. The van der Waals surface area contributed by atoms with Gasteiger partial charge in [-0.15, -0.1) is 0 Å². The molecule has 0 saturated carbocycles. The Morgan fingerprint density at radius 2 is 2.05 bits per heavy atom. The molecule has 0 spiro atoms. The Morgan fingerprint density at radius 1 is 1.30 bits per heavy atom. The summed E-state index contributed by atoms with van der Waals surface area (Å²) in [5.41, 5.74) is 6.39. The van der Waals surface area contributed by atoms with Crippen molar-refractivity contribution in [3.8, 4) is 5.75 Å². The second-order valence-electron chi connectivity index (χ2n) is 4.07. The van der Waals surface area contributed by atoms with Gasteiger partial charge in [0, 0.05) is 21.8 Å². The molecule has 0 saturated heterocycles. The molecule has 4 nitrogen and oxygen atoms in total. The van der Waals surface area contributed by atoms with E-state index in [1.807, 2.05) is 0 Å². The molecule has 3 N–H and O–H groups in total. The molecule has 2 aromatic carbocycles. The van der Waals surface area contributed by atoms with Gasteiger partial charge in [-0.25, -0.2) is 4.39 Å². The number of nitrogen functional groups attached to an aromatic ring is 1. The van der Waals surface area contributed by atoms with E-state index in [1.165, 1.54) is 13.2 Å². The maximum atomic E-state index is 13.2. The number of methoxy groups -OCH3 is 1. The Kier molecular flexibility index (Phi) is 4.24. The van der Waals surface area contributed by atoms with Crippen LogP contribution in [-0.2, 0) is 0 Å². The number of rotatable bonds is 3. The number of hydrogen-bond donors (Lipinski definition) is 2. The number of anilines is 2. The summed E-state index contributed by atoms with van der Waals surface area (Å²) < 4.78 is 19.0. The van der Waals surface area contributed by atoms with Crippen molar-refractivity contribution in [2.24, 2.45) is 0 Å². The molecule has 0 heterocycles. The zero-order valence-corrected chi connectivity index (χ0v) is 12.2. The predicted octanol–water partition coefficient (Wildman–Crippen LogP) is 3.43. The monoisotopic (exact) mass is 338 g/mol. The highest BCUT2D eigenvalue weighted by Crippen LogP contribution is 2.27. The van der Waals surface area contributed by atoms with Crippen molar-refractivity contribution in [2.75, 3.05) is 18.2 Å². The highest BCUT2D eigenvalue weighted by atomic mass is 79.9. The SMILES string of the molecule is COc1ccc(Br)c(NC(=O)c2cc(N)cc(F)c2)c1. The van der Waals surface area contributed by atoms with Gasteiger partial charge >= 0.3 is 0 Å². The molecule has 20 heavy (non-hydrogen) atoms. The van der Waals surface area contributed by atoms with E-state index < -0.39 is 11.7 Å². The number of nitrogens with two attached hydrogens (primary N) is 1. The van der Waals surface area contributed by atoms with Crippen LogP contribution in [0.1, 0.15) is 10.4 Å². The van der Waals surface area contributed by atoms with Crippen LogP contribution in [0.25, 0.3) is 0 Å². The third-order valence-electron chi connectivity index (χ3n) is 2.60. The largest absolute Gasteiger partial charge is 0.497 e. The Balaban J connectivity index is 2.27. The van der Waals surface area contributed by atoms with E-state index in [4.69, 9.17) is 10.5 Å². The molecule has 0 aromatic heterocycles. The first-order chi connectivity index (χ1) is 9.49. The summed E-state index contributed by atoms with van der Waals surface area (Å²) in [7, 11) is 1.53. The summed E-state index contributed by atoms with van der Waals surface area (Å²) >= 11 is 3.32. The maximum Gasteiger partial charge on any atom is 0.255 e. The Labute approximate surface area is 123 Å². The van der Waals surface area contributed by atoms with Crippen LogP contribution in [-0.4, -0.2) is 13.0 Å². The van der Waals surface area contributed by atoms with Crippen molar-refractivity contribution in [1.29, 1.82) is 0 Å². The number of benzene rings is 2. The quantitative estimate of drug-likeness (QED) is 0.842. The lowest BCUT2D eigenvalue weighted by Gasteiger charge is -2.10. The van der Waals surface area contributed by atoms with Crippen LogP contribution in [0.2, 0.25) is 0 Å². The maximum absolute atomic E-state index is 13.2. The van der Waals surface area contributed by atoms with E-state index in [0.717, 1.165) is 12.1 Å². The summed E-state index contributed by atoms with van der Waals surface area (Å²) in [4.78, 5) is 12.1. The lowest BCUT2D eigenvalue weighted by Crippen LogP contribution is -2.13. The second kappa shape index (κ2) is 5.92. The van der Waals surface area contributed by atoms with Gasteiger partial charge in [0.2, 0.25) is 0 Å². The van der Waals surface area contributed by atoms with E-state index in [9.17, 15) is 9.18 Å². The van der Waals surface area contributed by atoms with Crippen LogP contribution >= 0.6 is 15.9 Å². The third-order valence-corrected chi connectivity index (χ3v) is 3.30. The first-order valence-corrected chi connectivity index (χ1v) is 6.50. The number of carbonyl (C=O) groups is 1. The zero-order chi connectivity index (χ0) is 14.7. The van der Waals surface area contributed by atoms with Crippen LogP contribution in [0.3, 0.4) is 0 Å². The van der Waals surface area contributed by atoms with Crippen molar-refractivity contribution in [3.05, 3.63) is 52.3 Å². The molecule has 0 fully saturated rings. The molecule has 1 amide bonds. The number of nitrogens with one attached hydrogen (secondary N) is 1. The molecule has 6 heteroatoms. The minimum Gasteiger partial charge on any atom is -0.497 e. The summed E-state index contributed by atoms with van der Waals surface area (Å²) in [6.07, 6.45) is 0. The average Bonchev–Trinajstić information content (AvgIpc) is 2.40. The third kappa shape index (κ3) is 3.27. The number of ether oxygens (including phenoxy) is 1. The normalized spacial score (nSPS) is 10.2. The van der Waals surface area contributed by atoms with E-state index in [2.05, 4.69) is 21.2 Å². The lowest BCUT2D eigenvalue weighted by molar-refractivity contribution is 0.102. The predicted molar refractivity (Wildman–Crippen MR) is 79.5 cm³/mol. The molecular formula is C14H12BrFN2O2. The highest BCUT2D eigenvalue weighted by molar-refractivity contribution is 9.10. The van der Waals surface area contributed by atoms with Crippen molar-refractivity contribution < 1.29 is 13.9 Å². The number of amides is 1. The van der Waals surface area contributed by atoms with Gasteiger partial charge in [-0.05, 0) is 46.3 Å². The number of hydrogen-bond acceptors (Lipinski definition) is 3. The van der Waals surface area contributed by atoms with Crippen LogP contribution in [0.4, 0.5) is 15.8 Å². The molecule has 2 aromatic rings. The summed E-state index contributed by atoms with van der Waals surface area (Å²) in [5.74, 6) is -0.410. The van der Waals surface area contributed by atoms with Crippen LogP contribution in [0, 0.1) is 5.82 Å². The van der Waals surface area contributed by atoms with Crippen molar-refractivity contribution in [3.63, 3.8) is 0 Å². The Bertz CT molecular complexity index is 641. The fraction of sp³-hybridized carbons (Fsp3) is 0.0714. The molecule has 104 valence electrons. The van der Waals surface area contributed by atoms with E-state index in [1.54, 1.807) is 18.2 Å². The molecule has 0 unspecified atom stereocenters. The highest BCUT2D eigenvalue weighted by Gasteiger charge is 2.11. The van der Waals surface area contributed by atoms with Gasteiger partial charge in [0.05, 0.1) is 12.8 Å². The van der Waals surface area contributed by atoms with Gasteiger partial charge in [0.25, 0.3) is 5.91 Å². The molecule has 0 bridgehead atoms. The van der Waals surface area contributed by atoms with Gasteiger partial charge in [0.15, 0.2) is 0 Å².